The van der Waals surface area contributed by atoms with E-state index in [0.29, 0.717) is 12.3 Å². The first-order valence-corrected chi connectivity index (χ1v) is 9.35. The Morgan fingerprint density at radius 1 is 1.19 bits per heavy atom. The molecule has 21 heavy (non-hydrogen) atoms. The fourth-order valence-electron chi connectivity index (χ4n) is 3.12. The van der Waals surface area contributed by atoms with E-state index in [4.69, 9.17) is 0 Å². The first kappa shape index (κ1) is 16.5. The third-order valence-corrected chi connectivity index (χ3v) is 4.82. The summed E-state index contributed by atoms with van der Waals surface area (Å²) in [6, 6.07) is 8.25. The highest BCUT2D eigenvalue weighted by atomic mass is 79.9. The number of hydrogen-bond acceptors (Lipinski definition) is 1. The number of anilines is 1. The maximum atomic E-state index is 12.2. The standard InChI is InChI=1S/C18H26BrNO/c19-12-6-10-15-9-5-11-17(13-15)20-18(21)14-16-7-3-1-2-4-8-16/h5,9,11,13,16H,1-4,6-8,10,12,14H2,(H,20,21). The molecule has 1 aliphatic carbocycles. The summed E-state index contributed by atoms with van der Waals surface area (Å²) in [6.45, 7) is 0. The number of carbonyl (C=O) groups excluding carboxylic acids is 1. The van der Waals surface area contributed by atoms with Gasteiger partial charge in [-0.3, -0.25) is 4.79 Å². The zero-order valence-electron chi connectivity index (χ0n) is 12.7. The largest absolute Gasteiger partial charge is 0.326 e. The number of halogens is 1. The highest BCUT2D eigenvalue weighted by Gasteiger charge is 2.16. The van der Waals surface area contributed by atoms with Crippen LogP contribution < -0.4 is 5.32 Å². The fourth-order valence-corrected chi connectivity index (χ4v) is 3.40. The van der Waals surface area contributed by atoms with Gasteiger partial charge in [0, 0.05) is 17.4 Å². The van der Waals surface area contributed by atoms with E-state index in [9.17, 15) is 4.79 Å². The van der Waals surface area contributed by atoms with Crippen LogP contribution in [0.1, 0.15) is 56.9 Å². The molecule has 1 amide bonds. The van der Waals surface area contributed by atoms with Gasteiger partial charge in [-0.15, -0.1) is 0 Å². The van der Waals surface area contributed by atoms with Gasteiger partial charge in [-0.25, -0.2) is 0 Å². The van der Waals surface area contributed by atoms with E-state index < -0.39 is 0 Å². The number of hydrogen-bond donors (Lipinski definition) is 1. The average Bonchev–Trinajstić information content (AvgIpc) is 2.74. The number of benzene rings is 1. The van der Waals surface area contributed by atoms with E-state index in [2.05, 4.69) is 33.4 Å². The van der Waals surface area contributed by atoms with Crippen LogP contribution in [0.5, 0.6) is 0 Å². The number of amides is 1. The predicted octanol–water partition coefficient (Wildman–Crippen LogP) is 5.31. The minimum absolute atomic E-state index is 0.180. The lowest BCUT2D eigenvalue weighted by Crippen LogP contribution is -2.16. The number of rotatable bonds is 6. The quantitative estimate of drug-likeness (QED) is 0.545. The summed E-state index contributed by atoms with van der Waals surface area (Å²) < 4.78 is 0. The number of carbonyl (C=O) groups is 1. The Hall–Kier alpha value is -0.830. The summed E-state index contributed by atoms with van der Waals surface area (Å²) in [5.41, 5.74) is 2.24. The van der Waals surface area contributed by atoms with Crippen LogP contribution in [-0.4, -0.2) is 11.2 Å². The van der Waals surface area contributed by atoms with Gasteiger partial charge in [-0.1, -0.05) is 53.7 Å². The topological polar surface area (TPSA) is 29.1 Å². The van der Waals surface area contributed by atoms with Gasteiger partial charge < -0.3 is 5.32 Å². The second-order valence-electron chi connectivity index (χ2n) is 6.10. The van der Waals surface area contributed by atoms with Crippen LogP contribution in [0.25, 0.3) is 0 Å². The lowest BCUT2D eigenvalue weighted by atomic mass is 9.96. The Balaban J connectivity index is 1.83. The van der Waals surface area contributed by atoms with Crippen molar-refractivity contribution in [1.29, 1.82) is 0 Å². The van der Waals surface area contributed by atoms with Crippen LogP contribution in [0.2, 0.25) is 0 Å². The van der Waals surface area contributed by atoms with Gasteiger partial charge in [0.25, 0.3) is 0 Å². The zero-order valence-corrected chi connectivity index (χ0v) is 14.3. The van der Waals surface area contributed by atoms with Crippen molar-refractivity contribution in [2.24, 2.45) is 5.92 Å². The maximum absolute atomic E-state index is 12.2. The normalized spacial score (nSPS) is 16.4. The molecule has 0 atom stereocenters. The summed E-state index contributed by atoms with van der Waals surface area (Å²) in [6.07, 6.45) is 10.6. The predicted molar refractivity (Wildman–Crippen MR) is 93.0 cm³/mol. The minimum Gasteiger partial charge on any atom is -0.326 e. The summed E-state index contributed by atoms with van der Waals surface area (Å²) in [7, 11) is 0. The van der Waals surface area contributed by atoms with E-state index in [1.54, 1.807) is 0 Å². The first-order chi connectivity index (χ1) is 10.3. The van der Waals surface area contributed by atoms with E-state index in [1.165, 1.54) is 44.1 Å². The molecule has 0 bridgehead atoms. The van der Waals surface area contributed by atoms with Gasteiger partial charge in [0.1, 0.15) is 0 Å². The third kappa shape index (κ3) is 6.21. The summed E-state index contributed by atoms with van der Waals surface area (Å²) >= 11 is 3.46. The Bertz CT molecular complexity index is 439. The third-order valence-electron chi connectivity index (χ3n) is 4.26. The lowest BCUT2D eigenvalue weighted by molar-refractivity contribution is -0.117. The van der Waals surface area contributed by atoms with Crippen LogP contribution in [0.4, 0.5) is 5.69 Å². The molecule has 2 nitrogen and oxygen atoms in total. The van der Waals surface area contributed by atoms with Crippen molar-refractivity contribution in [2.45, 2.75) is 57.8 Å². The van der Waals surface area contributed by atoms with Crippen LogP contribution in [-0.2, 0) is 11.2 Å². The van der Waals surface area contributed by atoms with E-state index in [-0.39, 0.29) is 5.91 Å². The molecule has 0 aliphatic heterocycles. The van der Waals surface area contributed by atoms with Crippen LogP contribution in [0.3, 0.4) is 0 Å². The molecular formula is C18H26BrNO. The molecule has 2 rings (SSSR count). The molecule has 0 heterocycles. The maximum Gasteiger partial charge on any atom is 0.224 e. The Labute approximate surface area is 136 Å². The first-order valence-electron chi connectivity index (χ1n) is 8.22. The molecule has 1 saturated carbocycles. The summed E-state index contributed by atoms with van der Waals surface area (Å²) in [5, 5.41) is 4.09. The van der Waals surface area contributed by atoms with Gasteiger partial charge in [0.15, 0.2) is 0 Å². The van der Waals surface area contributed by atoms with Gasteiger partial charge >= 0.3 is 0 Å². The molecule has 1 fully saturated rings. The minimum atomic E-state index is 0.180. The Kier molecular flexibility index (Phi) is 7.28. The highest BCUT2D eigenvalue weighted by Crippen LogP contribution is 2.25. The Morgan fingerprint density at radius 2 is 1.95 bits per heavy atom. The smallest absolute Gasteiger partial charge is 0.224 e. The van der Waals surface area contributed by atoms with Crippen molar-refractivity contribution < 1.29 is 4.79 Å². The second-order valence-corrected chi connectivity index (χ2v) is 6.90. The van der Waals surface area contributed by atoms with E-state index in [0.717, 1.165) is 23.9 Å². The molecule has 1 N–H and O–H groups in total. The second kappa shape index (κ2) is 9.24. The average molecular weight is 352 g/mol. The van der Waals surface area contributed by atoms with Crippen LogP contribution in [0, 0.1) is 5.92 Å². The molecule has 0 radical (unpaired) electrons. The molecule has 0 aromatic heterocycles. The van der Waals surface area contributed by atoms with E-state index >= 15 is 0 Å². The van der Waals surface area contributed by atoms with Crippen LogP contribution >= 0.6 is 15.9 Å². The molecule has 0 unspecified atom stereocenters. The molecule has 0 saturated heterocycles. The van der Waals surface area contributed by atoms with Gasteiger partial charge in [-0.05, 0) is 49.3 Å². The van der Waals surface area contributed by atoms with Gasteiger partial charge in [-0.2, -0.15) is 0 Å². The summed E-state index contributed by atoms with van der Waals surface area (Å²) in [5.74, 6) is 0.767. The lowest BCUT2D eigenvalue weighted by Gasteiger charge is -2.14. The molecule has 116 valence electrons. The monoisotopic (exact) mass is 351 g/mol. The number of nitrogens with one attached hydrogen (secondary N) is 1. The van der Waals surface area contributed by atoms with Crippen molar-refractivity contribution in [1.82, 2.24) is 0 Å². The summed E-state index contributed by atoms with van der Waals surface area (Å²) in [4.78, 5) is 12.2. The zero-order chi connectivity index (χ0) is 14.9. The van der Waals surface area contributed by atoms with Gasteiger partial charge in [0.2, 0.25) is 5.91 Å². The molecule has 1 aromatic carbocycles. The van der Waals surface area contributed by atoms with Crippen LogP contribution in [0.15, 0.2) is 24.3 Å². The van der Waals surface area contributed by atoms with Crippen molar-refractivity contribution in [2.75, 3.05) is 10.6 Å². The molecule has 3 heteroatoms. The SMILES string of the molecule is O=C(CC1CCCCCC1)Nc1cccc(CCCBr)c1. The molecule has 0 spiro atoms. The van der Waals surface area contributed by atoms with Crippen molar-refractivity contribution in [3.8, 4) is 0 Å². The number of alkyl halides is 1. The molecule has 1 aliphatic rings. The molecule has 1 aromatic rings. The molecular weight excluding hydrogens is 326 g/mol. The van der Waals surface area contributed by atoms with E-state index in [1.807, 2.05) is 12.1 Å². The van der Waals surface area contributed by atoms with Crippen molar-refractivity contribution in [3.63, 3.8) is 0 Å². The Morgan fingerprint density at radius 3 is 2.67 bits per heavy atom. The van der Waals surface area contributed by atoms with Crippen molar-refractivity contribution >= 4 is 27.5 Å². The van der Waals surface area contributed by atoms with Crippen molar-refractivity contribution in [3.05, 3.63) is 29.8 Å². The fraction of sp³-hybridized carbons (Fsp3) is 0.611. The highest BCUT2D eigenvalue weighted by molar-refractivity contribution is 9.09. The van der Waals surface area contributed by atoms with Gasteiger partial charge in [0.05, 0.1) is 0 Å². The number of aryl methyl sites for hydroxylation is 1.